The molecule has 1 heterocycles. The summed E-state index contributed by atoms with van der Waals surface area (Å²) in [5.74, 6) is 0. The molecule has 0 aliphatic heterocycles. The molecule has 0 saturated carbocycles. The fraction of sp³-hybridized carbons (Fsp3) is 0.154. The zero-order chi connectivity index (χ0) is 15.5. The van der Waals surface area contributed by atoms with E-state index in [4.69, 9.17) is 0 Å². The van der Waals surface area contributed by atoms with Crippen LogP contribution in [0.4, 0.5) is 11.4 Å². The van der Waals surface area contributed by atoms with E-state index in [1.165, 1.54) is 24.4 Å². The Morgan fingerprint density at radius 1 is 1.19 bits per heavy atom. The first-order valence-corrected chi connectivity index (χ1v) is 7.89. The highest BCUT2D eigenvalue weighted by molar-refractivity contribution is 7.90. The number of nitro benzene ring substituents is 1. The van der Waals surface area contributed by atoms with Crippen molar-refractivity contribution >= 4 is 21.2 Å². The summed E-state index contributed by atoms with van der Waals surface area (Å²) in [6.07, 6.45) is 2.53. The number of hydrogen-bond donors (Lipinski definition) is 1. The van der Waals surface area contributed by atoms with Gasteiger partial charge in [0.2, 0.25) is 0 Å². The number of rotatable bonds is 5. The number of hydrogen-bond acceptors (Lipinski definition) is 6. The molecule has 0 fully saturated rings. The molecule has 21 heavy (non-hydrogen) atoms. The van der Waals surface area contributed by atoms with Crippen LogP contribution in [0.5, 0.6) is 0 Å². The van der Waals surface area contributed by atoms with Gasteiger partial charge in [-0.15, -0.1) is 0 Å². The van der Waals surface area contributed by atoms with E-state index in [1.807, 2.05) is 0 Å². The molecule has 1 N–H and O–H groups in total. The molecule has 2 aromatic rings. The van der Waals surface area contributed by atoms with Gasteiger partial charge < -0.3 is 5.32 Å². The Kier molecular flexibility index (Phi) is 4.18. The summed E-state index contributed by atoms with van der Waals surface area (Å²) < 4.78 is 22.5. The van der Waals surface area contributed by atoms with Gasteiger partial charge in [-0.05, 0) is 17.7 Å². The van der Waals surface area contributed by atoms with Gasteiger partial charge in [-0.3, -0.25) is 10.1 Å². The van der Waals surface area contributed by atoms with Gasteiger partial charge in [-0.2, -0.15) is 0 Å². The number of benzene rings is 1. The molecule has 0 aliphatic rings. The average molecular weight is 307 g/mol. The lowest BCUT2D eigenvalue weighted by Crippen LogP contribution is -2.03. The lowest BCUT2D eigenvalue weighted by atomic mass is 10.2. The second-order valence-electron chi connectivity index (χ2n) is 4.43. The topological polar surface area (TPSA) is 102 Å². The van der Waals surface area contributed by atoms with Crippen LogP contribution in [0.2, 0.25) is 0 Å². The lowest BCUT2D eigenvalue weighted by molar-refractivity contribution is -0.384. The molecule has 0 bridgehead atoms. The lowest BCUT2D eigenvalue weighted by Gasteiger charge is -2.06. The summed E-state index contributed by atoms with van der Waals surface area (Å²) in [5, 5.41) is 13.6. The maximum atomic E-state index is 11.3. The monoisotopic (exact) mass is 307 g/mol. The van der Waals surface area contributed by atoms with E-state index in [0.29, 0.717) is 12.2 Å². The zero-order valence-corrected chi connectivity index (χ0v) is 12.0. The Balaban J connectivity index is 2.01. The van der Waals surface area contributed by atoms with Gasteiger partial charge >= 0.3 is 0 Å². The van der Waals surface area contributed by atoms with E-state index in [2.05, 4.69) is 10.3 Å². The molecular formula is C13H13N3O4S. The standard InChI is InChI=1S/C13H13N3O4S/c1-21(19,20)13-7-4-11(9-15-13)14-8-10-2-5-12(6-3-10)16(17)18/h2-7,9,14H,8H2,1H3. The van der Waals surface area contributed by atoms with Crippen molar-refractivity contribution in [1.82, 2.24) is 4.98 Å². The number of non-ortho nitro benzene ring substituents is 1. The van der Waals surface area contributed by atoms with Crippen LogP contribution in [0.25, 0.3) is 0 Å². The predicted octanol–water partition coefficient (Wildman–Crippen LogP) is 2.01. The van der Waals surface area contributed by atoms with Crippen molar-refractivity contribution < 1.29 is 13.3 Å². The number of nitrogens with one attached hydrogen (secondary N) is 1. The van der Waals surface area contributed by atoms with Crippen molar-refractivity contribution in [3.8, 4) is 0 Å². The molecule has 0 saturated heterocycles. The van der Waals surface area contributed by atoms with E-state index in [-0.39, 0.29) is 10.7 Å². The molecule has 0 radical (unpaired) electrons. The molecule has 0 unspecified atom stereocenters. The maximum Gasteiger partial charge on any atom is 0.269 e. The summed E-state index contributed by atoms with van der Waals surface area (Å²) in [6.45, 7) is 0.456. The average Bonchev–Trinajstić information content (AvgIpc) is 2.45. The minimum atomic E-state index is -3.30. The summed E-state index contributed by atoms with van der Waals surface area (Å²) in [6, 6.07) is 9.22. The van der Waals surface area contributed by atoms with E-state index in [1.54, 1.807) is 18.2 Å². The van der Waals surface area contributed by atoms with Gasteiger partial charge in [0, 0.05) is 24.9 Å². The van der Waals surface area contributed by atoms with Gasteiger partial charge in [0.15, 0.2) is 14.9 Å². The second-order valence-corrected chi connectivity index (χ2v) is 6.40. The quantitative estimate of drug-likeness (QED) is 0.669. The van der Waals surface area contributed by atoms with Gasteiger partial charge in [-0.1, -0.05) is 12.1 Å². The number of anilines is 1. The fourth-order valence-electron chi connectivity index (χ4n) is 1.64. The fourth-order valence-corrected chi connectivity index (χ4v) is 2.20. The maximum absolute atomic E-state index is 11.3. The third-order valence-corrected chi connectivity index (χ3v) is 3.76. The molecule has 1 aromatic carbocycles. The molecular weight excluding hydrogens is 294 g/mol. The van der Waals surface area contributed by atoms with Gasteiger partial charge in [0.05, 0.1) is 16.8 Å². The number of sulfone groups is 1. The normalized spacial score (nSPS) is 11.1. The molecule has 0 spiro atoms. The first kappa shape index (κ1) is 14.9. The minimum Gasteiger partial charge on any atom is -0.380 e. The summed E-state index contributed by atoms with van der Waals surface area (Å²) >= 11 is 0. The Hall–Kier alpha value is -2.48. The number of nitro groups is 1. The highest BCUT2D eigenvalue weighted by atomic mass is 32.2. The van der Waals surface area contributed by atoms with E-state index in [0.717, 1.165) is 11.8 Å². The van der Waals surface area contributed by atoms with Crippen molar-refractivity contribution in [3.05, 3.63) is 58.3 Å². The van der Waals surface area contributed by atoms with Crippen molar-refractivity contribution in [1.29, 1.82) is 0 Å². The molecule has 0 atom stereocenters. The van der Waals surface area contributed by atoms with Crippen LogP contribution in [0.3, 0.4) is 0 Å². The molecule has 2 rings (SSSR count). The largest absolute Gasteiger partial charge is 0.380 e. The van der Waals surface area contributed by atoms with Crippen LogP contribution in [0.15, 0.2) is 47.6 Å². The van der Waals surface area contributed by atoms with Gasteiger partial charge in [-0.25, -0.2) is 13.4 Å². The first-order valence-electron chi connectivity index (χ1n) is 5.99. The Morgan fingerprint density at radius 3 is 2.33 bits per heavy atom. The first-order chi connectivity index (χ1) is 9.86. The van der Waals surface area contributed by atoms with Crippen LogP contribution < -0.4 is 5.32 Å². The summed E-state index contributed by atoms with van der Waals surface area (Å²) in [5.41, 5.74) is 1.58. The minimum absolute atomic E-state index is 0.0170. The van der Waals surface area contributed by atoms with Gasteiger partial charge in [0.1, 0.15) is 0 Å². The number of pyridine rings is 1. The molecule has 7 nitrogen and oxygen atoms in total. The zero-order valence-electron chi connectivity index (χ0n) is 11.2. The number of nitrogens with zero attached hydrogens (tertiary/aromatic N) is 2. The number of aromatic nitrogens is 1. The van der Waals surface area contributed by atoms with Crippen molar-refractivity contribution in [2.24, 2.45) is 0 Å². The Bertz CT molecular complexity index is 740. The summed E-state index contributed by atoms with van der Waals surface area (Å²) in [7, 11) is -3.30. The van der Waals surface area contributed by atoms with Crippen molar-refractivity contribution in [2.45, 2.75) is 11.6 Å². The Labute approximate surface area is 121 Å². The molecule has 1 aromatic heterocycles. The van der Waals surface area contributed by atoms with Crippen molar-refractivity contribution in [3.63, 3.8) is 0 Å². The highest BCUT2D eigenvalue weighted by Crippen LogP contribution is 2.14. The van der Waals surface area contributed by atoms with E-state index in [9.17, 15) is 18.5 Å². The van der Waals surface area contributed by atoms with Crippen LogP contribution in [0.1, 0.15) is 5.56 Å². The van der Waals surface area contributed by atoms with Crippen LogP contribution in [-0.2, 0) is 16.4 Å². The third-order valence-electron chi connectivity index (χ3n) is 2.76. The molecule has 0 amide bonds. The van der Waals surface area contributed by atoms with Crippen molar-refractivity contribution in [2.75, 3.05) is 11.6 Å². The predicted molar refractivity (Wildman–Crippen MR) is 77.8 cm³/mol. The van der Waals surface area contributed by atoms with Crippen LogP contribution >= 0.6 is 0 Å². The smallest absolute Gasteiger partial charge is 0.269 e. The summed E-state index contributed by atoms with van der Waals surface area (Å²) in [4.78, 5) is 13.9. The van der Waals surface area contributed by atoms with Crippen LogP contribution in [-0.4, -0.2) is 24.6 Å². The van der Waals surface area contributed by atoms with Crippen LogP contribution in [0, 0.1) is 10.1 Å². The second kappa shape index (κ2) is 5.88. The molecule has 8 heteroatoms. The SMILES string of the molecule is CS(=O)(=O)c1ccc(NCc2ccc([N+](=O)[O-])cc2)cn1. The van der Waals surface area contributed by atoms with E-state index < -0.39 is 14.8 Å². The third kappa shape index (κ3) is 3.99. The highest BCUT2D eigenvalue weighted by Gasteiger charge is 2.08. The van der Waals surface area contributed by atoms with Gasteiger partial charge in [0.25, 0.3) is 5.69 Å². The van der Waals surface area contributed by atoms with E-state index >= 15 is 0 Å². The molecule has 0 aliphatic carbocycles. The molecule has 110 valence electrons. The Morgan fingerprint density at radius 2 is 1.86 bits per heavy atom.